The van der Waals surface area contributed by atoms with Gasteiger partial charge in [-0.25, -0.2) is 9.48 Å². The summed E-state index contributed by atoms with van der Waals surface area (Å²) >= 11 is 0. The van der Waals surface area contributed by atoms with Gasteiger partial charge in [0.15, 0.2) is 5.69 Å². The number of aromatic nitrogens is 2. The quantitative estimate of drug-likeness (QED) is 0.774. The van der Waals surface area contributed by atoms with Crippen molar-refractivity contribution in [1.82, 2.24) is 9.78 Å². The number of rotatable bonds is 2. The number of methoxy groups -OCH3 is 1. The third kappa shape index (κ3) is 2.07. The van der Waals surface area contributed by atoms with Gasteiger partial charge in [0.2, 0.25) is 0 Å². The van der Waals surface area contributed by atoms with Crippen molar-refractivity contribution in [3.05, 3.63) is 42.1 Å². The van der Waals surface area contributed by atoms with Crippen LogP contribution in [0.4, 0.5) is 11.5 Å². The van der Waals surface area contributed by atoms with Gasteiger partial charge in [-0.15, -0.1) is 0 Å². The van der Waals surface area contributed by atoms with Crippen LogP contribution in [0.1, 0.15) is 16.9 Å². The molecule has 0 fully saturated rings. The monoisotopic (exact) mass is 257 g/mol. The molecule has 0 aliphatic carbocycles. The number of hydrogen-bond donors (Lipinski definition) is 0. The van der Waals surface area contributed by atoms with Gasteiger partial charge in [-0.05, 0) is 18.6 Å². The standard InChI is InChI=1S/C14H15N3O2/c1-19-14(18)12-10-13-16(8-5-9-17(13)15-12)11-6-3-2-4-7-11/h2-4,6-7,10H,5,8-9H2,1H3. The molecule has 98 valence electrons. The van der Waals surface area contributed by atoms with E-state index in [1.54, 1.807) is 6.07 Å². The third-order valence-electron chi connectivity index (χ3n) is 3.25. The van der Waals surface area contributed by atoms with E-state index in [1.807, 2.05) is 22.9 Å². The largest absolute Gasteiger partial charge is 0.464 e. The molecule has 3 rings (SSSR count). The molecule has 0 saturated carbocycles. The number of carbonyl (C=O) groups is 1. The first-order valence-corrected chi connectivity index (χ1v) is 6.28. The molecule has 0 radical (unpaired) electrons. The topological polar surface area (TPSA) is 47.4 Å². The minimum Gasteiger partial charge on any atom is -0.464 e. The fourth-order valence-corrected chi connectivity index (χ4v) is 2.36. The van der Waals surface area contributed by atoms with Gasteiger partial charge in [0.25, 0.3) is 0 Å². The zero-order chi connectivity index (χ0) is 13.2. The van der Waals surface area contributed by atoms with E-state index >= 15 is 0 Å². The Hall–Kier alpha value is -2.30. The van der Waals surface area contributed by atoms with Gasteiger partial charge >= 0.3 is 5.97 Å². The van der Waals surface area contributed by atoms with Crippen LogP contribution in [0.25, 0.3) is 0 Å². The van der Waals surface area contributed by atoms with Gasteiger partial charge in [-0.3, -0.25) is 0 Å². The molecule has 1 aliphatic rings. The molecular weight excluding hydrogens is 242 g/mol. The van der Waals surface area contributed by atoms with Crippen LogP contribution < -0.4 is 4.90 Å². The lowest BCUT2D eigenvalue weighted by Crippen LogP contribution is -2.27. The van der Waals surface area contributed by atoms with Crippen molar-refractivity contribution in [3.63, 3.8) is 0 Å². The third-order valence-corrected chi connectivity index (χ3v) is 3.25. The summed E-state index contributed by atoms with van der Waals surface area (Å²) in [4.78, 5) is 13.7. The fourth-order valence-electron chi connectivity index (χ4n) is 2.36. The van der Waals surface area contributed by atoms with Crippen molar-refractivity contribution in [3.8, 4) is 0 Å². The van der Waals surface area contributed by atoms with Gasteiger partial charge in [0.05, 0.1) is 7.11 Å². The number of aryl methyl sites for hydroxylation is 1. The molecule has 5 heteroatoms. The van der Waals surface area contributed by atoms with Crippen molar-refractivity contribution < 1.29 is 9.53 Å². The van der Waals surface area contributed by atoms with Crippen LogP contribution in [-0.4, -0.2) is 29.4 Å². The number of esters is 1. The summed E-state index contributed by atoms with van der Waals surface area (Å²) in [5.41, 5.74) is 1.47. The first-order valence-electron chi connectivity index (χ1n) is 6.28. The Bertz CT molecular complexity index is 592. The van der Waals surface area contributed by atoms with E-state index in [2.05, 4.69) is 22.1 Å². The van der Waals surface area contributed by atoms with Crippen LogP contribution >= 0.6 is 0 Å². The van der Waals surface area contributed by atoms with Crippen LogP contribution in [0.3, 0.4) is 0 Å². The molecule has 1 aliphatic heterocycles. The molecular formula is C14H15N3O2. The summed E-state index contributed by atoms with van der Waals surface area (Å²) in [6, 6.07) is 11.9. The van der Waals surface area contributed by atoms with E-state index < -0.39 is 5.97 Å². The summed E-state index contributed by atoms with van der Waals surface area (Å²) in [7, 11) is 1.37. The number of para-hydroxylation sites is 1. The maximum absolute atomic E-state index is 11.6. The van der Waals surface area contributed by atoms with Crippen LogP contribution in [0.15, 0.2) is 36.4 Å². The van der Waals surface area contributed by atoms with Crippen molar-refractivity contribution in [2.75, 3.05) is 18.6 Å². The van der Waals surface area contributed by atoms with Crippen molar-refractivity contribution >= 4 is 17.5 Å². The summed E-state index contributed by atoms with van der Waals surface area (Å²) in [5.74, 6) is 0.549. The van der Waals surface area contributed by atoms with Crippen molar-refractivity contribution in [1.29, 1.82) is 0 Å². The number of ether oxygens (including phenoxy) is 1. The molecule has 1 aromatic carbocycles. The van der Waals surface area contributed by atoms with E-state index in [0.717, 1.165) is 31.0 Å². The average molecular weight is 257 g/mol. The van der Waals surface area contributed by atoms with Gasteiger partial charge < -0.3 is 9.64 Å². The van der Waals surface area contributed by atoms with E-state index in [1.165, 1.54) is 7.11 Å². The smallest absolute Gasteiger partial charge is 0.358 e. The average Bonchev–Trinajstić information content (AvgIpc) is 2.91. The van der Waals surface area contributed by atoms with E-state index in [9.17, 15) is 4.79 Å². The predicted octanol–water partition coefficient (Wildman–Crippen LogP) is 2.21. The predicted molar refractivity (Wildman–Crippen MR) is 71.6 cm³/mol. The molecule has 5 nitrogen and oxygen atoms in total. The maximum atomic E-state index is 11.6. The van der Waals surface area contributed by atoms with Gasteiger partial charge in [-0.2, -0.15) is 5.10 Å². The molecule has 1 aromatic heterocycles. The Labute approximate surface area is 111 Å². The van der Waals surface area contributed by atoms with Crippen LogP contribution in [0.5, 0.6) is 0 Å². The molecule has 0 spiro atoms. The van der Waals surface area contributed by atoms with E-state index in [-0.39, 0.29) is 0 Å². The molecule has 0 N–H and O–H groups in total. The fraction of sp³-hybridized carbons (Fsp3) is 0.286. The minimum atomic E-state index is -0.394. The highest BCUT2D eigenvalue weighted by molar-refractivity contribution is 5.88. The molecule has 0 amide bonds. The van der Waals surface area contributed by atoms with Crippen molar-refractivity contribution in [2.24, 2.45) is 0 Å². The lowest BCUT2D eigenvalue weighted by atomic mass is 10.2. The summed E-state index contributed by atoms with van der Waals surface area (Å²) < 4.78 is 6.59. The molecule has 0 bridgehead atoms. The number of hydrogen-bond acceptors (Lipinski definition) is 4. The van der Waals surface area contributed by atoms with Crippen LogP contribution in [-0.2, 0) is 11.3 Å². The molecule has 19 heavy (non-hydrogen) atoms. The van der Waals surface area contributed by atoms with Crippen LogP contribution in [0.2, 0.25) is 0 Å². The Balaban J connectivity index is 2.00. The Morgan fingerprint density at radius 1 is 1.26 bits per heavy atom. The summed E-state index contributed by atoms with van der Waals surface area (Å²) in [6.45, 7) is 1.76. The second kappa shape index (κ2) is 4.76. The Morgan fingerprint density at radius 3 is 2.79 bits per heavy atom. The molecule has 0 saturated heterocycles. The highest BCUT2D eigenvalue weighted by atomic mass is 16.5. The van der Waals surface area contributed by atoms with E-state index in [0.29, 0.717) is 5.69 Å². The lowest BCUT2D eigenvalue weighted by Gasteiger charge is -2.29. The number of fused-ring (bicyclic) bond motifs is 1. The van der Waals surface area contributed by atoms with E-state index in [4.69, 9.17) is 4.74 Å². The highest BCUT2D eigenvalue weighted by Crippen LogP contribution is 2.29. The normalized spacial score (nSPS) is 14.1. The first kappa shape index (κ1) is 11.8. The molecule has 0 atom stereocenters. The highest BCUT2D eigenvalue weighted by Gasteiger charge is 2.23. The Morgan fingerprint density at radius 2 is 2.05 bits per heavy atom. The zero-order valence-corrected chi connectivity index (χ0v) is 10.7. The molecule has 2 aromatic rings. The number of nitrogens with zero attached hydrogens (tertiary/aromatic N) is 3. The Kier molecular flexibility index (Phi) is 2.95. The van der Waals surface area contributed by atoms with Gasteiger partial charge in [0.1, 0.15) is 5.82 Å². The first-order chi connectivity index (χ1) is 9.29. The number of benzene rings is 1. The second-order valence-corrected chi connectivity index (χ2v) is 4.44. The molecule has 2 heterocycles. The van der Waals surface area contributed by atoms with Gasteiger partial charge in [-0.1, -0.05) is 18.2 Å². The second-order valence-electron chi connectivity index (χ2n) is 4.44. The van der Waals surface area contributed by atoms with Crippen LogP contribution in [0, 0.1) is 0 Å². The molecule has 0 unspecified atom stereocenters. The van der Waals surface area contributed by atoms with Crippen molar-refractivity contribution in [2.45, 2.75) is 13.0 Å². The minimum absolute atomic E-state index is 0.361. The SMILES string of the molecule is COC(=O)c1cc2n(n1)CCCN2c1ccccc1. The van der Waals surface area contributed by atoms with Gasteiger partial charge in [0, 0.05) is 24.8 Å². The summed E-state index contributed by atoms with van der Waals surface area (Å²) in [5, 5.41) is 4.30. The lowest BCUT2D eigenvalue weighted by molar-refractivity contribution is 0.0593. The number of anilines is 2. The summed E-state index contributed by atoms with van der Waals surface area (Å²) in [6.07, 6.45) is 1.00. The zero-order valence-electron chi connectivity index (χ0n) is 10.7. The number of carbonyl (C=O) groups excluding carboxylic acids is 1. The maximum Gasteiger partial charge on any atom is 0.358 e.